The summed E-state index contributed by atoms with van der Waals surface area (Å²) in [5.41, 5.74) is 1.86. The fourth-order valence-electron chi connectivity index (χ4n) is 2.57. The lowest BCUT2D eigenvalue weighted by molar-refractivity contribution is -0.115. The number of anilines is 1. The Labute approximate surface area is 158 Å². The van der Waals surface area contributed by atoms with Crippen molar-refractivity contribution >= 4 is 34.6 Å². The number of aromatic amines is 1. The highest BCUT2D eigenvalue weighted by Gasteiger charge is 2.19. The van der Waals surface area contributed by atoms with Crippen molar-refractivity contribution in [2.75, 3.05) is 5.32 Å². The van der Waals surface area contributed by atoms with E-state index >= 15 is 0 Å². The Morgan fingerprint density at radius 3 is 2.70 bits per heavy atom. The average Bonchev–Trinajstić information content (AvgIpc) is 3.24. The van der Waals surface area contributed by atoms with Gasteiger partial charge >= 0.3 is 0 Å². The van der Waals surface area contributed by atoms with Crippen molar-refractivity contribution in [3.8, 4) is 5.69 Å². The van der Waals surface area contributed by atoms with Crippen molar-refractivity contribution in [2.24, 2.45) is 0 Å². The molecule has 0 bridgehead atoms. The molecule has 0 fully saturated rings. The number of amides is 1. The molecule has 0 saturated heterocycles. The lowest BCUT2D eigenvalue weighted by Crippen LogP contribution is -2.22. The van der Waals surface area contributed by atoms with E-state index in [0.717, 1.165) is 5.52 Å². The van der Waals surface area contributed by atoms with Crippen molar-refractivity contribution in [1.82, 2.24) is 14.8 Å². The number of carbonyl (C=O) groups excluding carboxylic acids is 1. The molecule has 0 aliphatic rings. The van der Waals surface area contributed by atoms with Gasteiger partial charge in [0.1, 0.15) is 11.3 Å². The first-order valence-corrected chi connectivity index (χ1v) is 9.19. The summed E-state index contributed by atoms with van der Waals surface area (Å²) in [6.45, 7) is 1.75. The second kappa shape index (κ2) is 7.16. The van der Waals surface area contributed by atoms with Gasteiger partial charge in [-0.15, -0.1) is 0 Å². The van der Waals surface area contributed by atoms with E-state index in [0.29, 0.717) is 22.3 Å². The summed E-state index contributed by atoms with van der Waals surface area (Å²) in [4.78, 5) is 28.9. The number of carbonyl (C=O) groups is 1. The number of hydrogen-bond donors (Lipinski definition) is 2. The Hall–Kier alpha value is -3.26. The summed E-state index contributed by atoms with van der Waals surface area (Å²) >= 11 is 1.22. The third kappa shape index (κ3) is 3.65. The van der Waals surface area contributed by atoms with Gasteiger partial charge in [-0.05, 0) is 31.2 Å². The highest BCUT2D eigenvalue weighted by Crippen LogP contribution is 2.27. The van der Waals surface area contributed by atoms with E-state index < -0.39 is 5.25 Å². The van der Waals surface area contributed by atoms with Gasteiger partial charge in [-0.25, -0.2) is 9.67 Å². The minimum absolute atomic E-state index is 0.254. The minimum atomic E-state index is -0.457. The fourth-order valence-corrected chi connectivity index (χ4v) is 3.33. The molecule has 2 aromatic carbocycles. The molecule has 136 valence electrons. The second-order valence-electron chi connectivity index (χ2n) is 5.88. The first-order valence-electron chi connectivity index (χ1n) is 8.31. The number of benzene rings is 2. The Balaban J connectivity index is 1.46. The van der Waals surface area contributed by atoms with E-state index in [1.807, 2.05) is 42.5 Å². The summed E-state index contributed by atoms with van der Waals surface area (Å²) in [6.07, 6.45) is 0. The van der Waals surface area contributed by atoms with Gasteiger partial charge < -0.3 is 9.73 Å². The predicted molar refractivity (Wildman–Crippen MR) is 104 cm³/mol. The quantitative estimate of drug-likeness (QED) is 0.518. The molecule has 1 atom stereocenters. The molecule has 0 radical (unpaired) electrons. The molecular weight excluding hydrogens is 364 g/mol. The van der Waals surface area contributed by atoms with E-state index in [9.17, 15) is 9.59 Å². The molecule has 4 aromatic rings. The van der Waals surface area contributed by atoms with E-state index in [4.69, 9.17) is 4.42 Å². The number of para-hydroxylation sites is 3. The molecule has 0 spiro atoms. The molecule has 8 heteroatoms. The molecule has 0 aliphatic carbocycles. The summed E-state index contributed by atoms with van der Waals surface area (Å²) in [6, 6.07) is 17.9. The van der Waals surface area contributed by atoms with Crippen LogP contribution in [0.3, 0.4) is 0 Å². The van der Waals surface area contributed by atoms with Crippen LogP contribution in [0.1, 0.15) is 6.92 Å². The van der Waals surface area contributed by atoms with Gasteiger partial charge in [0.15, 0.2) is 5.58 Å². The zero-order chi connectivity index (χ0) is 18.8. The van der Waals surface area contributed by atoms with E-state index in [1.54, 1.807) is 19.1 Å². The number of thioether (sulfide) groups is 1. The van der Waals surface area contributed by atoms with Gasteiger partial charge in [0, 0.05) is 6.07 Å². The zero-order valence-electron chi connectivity index (χ0n) is 14.4. The standard InChI is InChI=1S/C19H16N4O3S/c1-12(27-19-20-14-9-5-6-10-15(14)26-19)18(25)21-16-11-17(24)23(22-16)13-7-3-2-4-8-13/h2-12,22H,1H3,(H,21,25). The summed E-state index contributed by atoms with van der Waals surface area (Å²) in [5.74, 6) is 0.0718. The van der Waals surface area contributed by atoms with Gasteiger partial charge in [0.05, 0.1) is 10.9 Å². The van der Waals surface area contributed by atoms with Crippen molar-refractivity contribution in [3.05, 3.63) is 71.0 Å². The van der Waals surface area contributed by atoms with Gasteiger partial charge in [0.25, 0.3) is 10.8 Å². The van der Waals surface area contributed by atoms with Crippen molar-refractivity contribution < 1.29 is 9.21 Å². The van der Waals surface area contributed by atoms with E-state index in [1.165, 1.54) is 22.5 Å². The molecule has 27 heavy (non-hydrogen) atoms. The molecule has 2 N–H and O–H groups in total. The number of H-pyrrole nitrogens is 1. The van der Waals surface area contributed by atoms with Crippen molar-refractivity contribution in [1.29, 1.82) is 0 Å². The topological polar surface area (TPSA) is 92.9 Å². The van der Waals surface area contributed by atoms with Crippen molar-refractivity contribution in [2.45, 2.75) is 17.4 Å². The van der Waals surface area contributed by atoms with E-state index in [-0.39, 0.29) is 11.5 Å². The SMILES string of the molecule is CC(Sc1nc2ccccc2o1)C(=O)Nc1cc(=O)n(-c2ccccc2)[nH]1. The molecular formula is C19H16N4O3S. The third-order valence-electron chi connectivity index (χ3n) is 3.91. The van der Waals surface area contributed by atoms with Crippen LogP contribution in [-0.4, -0.2) is 25.9 Å². The number of hydrogen-bond acceptors (Lipinski definition) is 5. The first-order chi connectivity index (χ1) is 13.1. The highest BCUT2D eigenvalue weighted by molar-refractivity contribution is 8.00. The molecule has 2 heterocycles. The normalized spacial score (nSPS) is 12.2. The Bertz CT molecular complexity index is 1110. The Morgan fingerprint density at radius 1 is 1.19 bits per heavy atom. The smallest absolute Gasteiger partial charge is 0.273 e. The lowest BCUT2D eigenvalue weighted by atomic mass is 10.3. The fraction of sp³-hybridized carbons (Fsp3) is 0.105. The summed E-state index contributed by atoms with van der Waals surface area (Å²) in [7, 11) is 0. The molecule has 0 aliphatic heterocycles. The maximum absolute atomic E-state index is 12.5. The van der Waals surface area contributed by atoms with Crippen LogP contribution in [0, 0.1) is 0 Å². The number of rotatable bonds is 5. The summed E-state index contributed by atoms with van der Waals surface area (Å²) in [5, 5.41) is 5.58. The molecule has 7 nitrogen and oxygen atoms in total. The molecule has 2 aromatic heterocycles. The molecule has 1 unspecified atom stereocenters. The number of aromatic nitrogens is 3. The Morgan fingerprint density at radius 2 is 1.93 bits per heavy atom. The van der Waals surface area contributed by atoms with Gasteiger partial charge in [-0.1, -0.05) is 42.1 Å². The predicted octanol–water partition coefficient (Wildman–Crippen LogP) is 3.43. The van der Waals surface area contributed by atoms with Gasteiger partial charge in [-0.3, -0.25) is 14.7 Å². The largest absolute Gasteiger partial charge is 0.431 e. The number of nitrogens with zero attached hydrogens (tertiary/aromatic N) is 2. The first kappa shape index (κ1) is 17.2. The monoisotopic (exact) mass is 380 g/mol. The number of fused-ring (bicyclic) bond motifs is 1. The third-order valence-corrected chi connectivity index (χ3v) is 4.86. The Kier molecular flexibility index (Phi) is 4.55. The van der Waals surface area contributed by atoms with Crippen LogP contribution >= 0.6 is 11.8 Å². The zero-order valence-corrected chi connectivity index (χ0v) is 15.2. The van der Waals surface area contributed by atoms with Crippen LogP contribution in [0.25, 0.3) is 16.8 Å². The van der Waals surface area contributed by atoms with Gasteiger partial charge in [0.2, 0.25) is 5.91 Å². The minimum Gasteiger partial charge on any atom is -0.431 e. The maximum atomic E-state index is 12.5. The van der Waals surface area contributed by atoms with Crippen LogP contribution in [0.4, 0.5) is 5.82 Å². The summed E-state index contributed by atoms with van der Waals surface area (Å²) < 4.78 is 7.00. The number of oxazole rings is 1. The number of nitrogens with one attached hydrogen (secondary N) is 2. The van der Waals surface area contributed by atoms with Crippen LogP contribution in [0.15, 0.2) is 75.1 Å². The molecule has 1 amide bonds. The molecule has 4 rings (SSSR count). The molecule has 0 saturated carbocycles. The van der Waals surface area contributed by atoms with Crippen LogP contribution < -0.4 is 10.9 Å². The average molecular weight is 380 g/mol. The van der Waals surface area contributed by atoms with Crippen molar-refractivity contribution in [3.63, 3.8) is 0 Å². The van der Waals surface area contributed by atoms with Crippen LogP contribution in [0.2, 0.25) is 0 Å². The van der Waals surface area contributed by atoms with Gasteiger partial charge in [-0.2, -0.15) is 0 Å². The van der Waals surface area contributed by atoms with Crippen LogP contribution in [-0.2, 0) is 4.79 Å². The van der Waals surface area contributed by atoms with Crippen LogP contribution in [0.5, 0.6) is 0 Å². The van der Waals surface area contributed by atoms with E-state index in [2.05, 4.69) is 15.4 Å². The second-order valence-corrected chi connectivity index (χ2v) is 7.17. The highest BCUT2D eigenvalue weighted by atomic mass is 32.2. The lowest BCUT2D eigenvalue weighted by Gasteiger charge is -2.08. The maximum Gasteiger partial charge on any atom is 0.273 e.